The Balaban J connectivity index is 1.28. The zero-order valence-electron chi connectivity index (χ0n) is 17.2. The Bertz CT molecular complexity index is 1270. The van der Waals surface area contributed by atoms with E-state index >= 15 is 0 Å². The summed E-state index contributed by atoms with van der Waals surface area (Å²) in [4.78, 5) is 33.6. The van der Waals surface area contributed by atoms with Crippen LogP contribution in [0.25, 0.3) is 21.0 Å². The Morgan fingerprint density at radius 2 is 1.59 bits per heavy atom. The summed E-state index contributed by atoms with van der Waals surface area (Å²) in [6.07, 6.45) is 0.608. The number of benzene rings is 2. The van der Waals surface area contributed by atoms with Crippen molar-refractivity contribution in [2.75, 3.05) is 26.2 Å². The number of hydrogen-bond donors (Lipinski definition) is 0. The molecule has 1 aliphatic rings. The van der Waals surface area contributed by atoms with Gasteiger partial charge in [-0.3, -0.25) is 9.59 Å². The van der Waals surface area contributed by atoms with Crippen molar-refractivity contribution >= 4 is 33.4 Å². The van der Waals surface area contributed by atoms with Crippen LogP contribution in [0.5, 0.6) is 0 Å². The number of carbonyl (C=O) groups is 2. The first-order chi connectivity index (χ1) is 15.6. The number of carbonyl (C=O) groups excluding carboxylic acids is 2. The van der Waals surface area contributed by atoms with Gasteiger partial charge < -0.3 is 14.2 Å². The maximum atomic E-state index is 14.0. The summed E-state index contributed by atoms with van der Waals surface area (Å²) in [7, 11) is 0. The highest BCUT2D eigenvalue weighted by Crippen LogP contribution is 2.31. The topological polar surface area (TPSA) is 66.7 Å². The molecule has 162 valence electrons. The Morgan fingerprint density at radius 1 is 0.875 bits per heavy atom. The number of hydrogen-bond acceptors (Lipinski definition) is 5. The molecule has 2 aromatic heterocycles. The van der Waals surface area contributed by atoms with Crippen molar-refractivity contribution in [3.8, 4) is 10.8 Å². The van der Waals surface area contributed by atoms with Crippen molar-refractivity contribution in [1.29, 1.82) is 0 Å². The van der Waals surface area contributed by atoms with Gasteiger partial charge in [-0.05, 0) is 42.8 Å². The first kappa shape index (κ1) is 20.4. The second kappa shape index (κ2) is 8.55. The van der Waals surface area contributed by atoms with Crippen LogP contribution in [0.4, 0.5) is 4.39 Å². The molecular weight excluding hydrogens is 429 g/mol. The van der Waals surface area contributed by atoms with Crippen molar-refractivity contribution in [3.05, 3.63) is 77.8 Å². The van der Waals surface area contributed by atoms with Gasteiger partial charge in [-0.1, -0.05) is 24.3 Å². The predicted molar refractivity (Wildman–Crippen MR) is 120 cm³/mol. The highest BCUT2D eigenvalue weighted by molar-refractivity contribution is 7.21. The minimum absolute atomic E-state index is 0.0544. The summed E-state index contributed by atoms with van der Waals surface area (Å²) in [6.45, 7) is 1.66. The van der Waals surface area contributed by atoms with E-state index in [4.69, 9.17) is 4.42 Å². The quantitative estimate of drug-likeness (QED) is 0.455. The van der Waals surface area contributed by atoms with Gasteiger partial charge in [0, 0.05) is 26.2 Å². The molecule has 0 N–H and O–H groups in total. The molecule has 0 radical (unpaired) electrons. The second-order valence-corrected chi connectivity index (χ2v) is 8.60. The Hall–Kier alpha value is -3.52. The number of fused-ring (bicyclic) bond motifs is 1. The Morgan fingerprint density at radius 3 is 2.38 bits per heavy atom. The van der Waals surface area contributed by atoms with Crippen LogP contribution in [-0.4, -0.2) is 52.8 Å². The summed E-state index contributed by atoms with van der Waals surface area (Å²) in [6, 6.07) is 17.2. The Kier molecular flexibility index (Phi) is 5.45. The number of amides is 2. The SMILES string of the molecule is O=C(c1ccc(-c2nc3ccccc3s2)o1)N1CCCN(C(=O)c2ccccc2F)CC1. The van der Waals surface area contributed by atoms with E-state index in [9.17, 15) is 14.0 Å². The van der Waals surface area contributed by atoms with Crippen molar-refractivity contribution in [2.24, 2.45) is 0 Å². The van der Waals surface area contributed by atoms with Crippen LogP contribution in [0.3, 0.4) is 0 Å². The van der Waals surface area contributed by atoms with Gasteiger partial charge in [-0.2, -0.15) is 0 Å². The molecule has 4 aromatic rings. The van der Waals surface area contributed by atoms with Gasteiger partial charge in [0.15, 0.2) is 16.5 Å². The molecule has 0 spiro atoms. The molecule has 2 aromatic carbocycles. The lowest BCUT2D eigenvalue weighted by molar-refractivity contribution is 0.0699. The lowest BCUT2D eigenvalue weighted by atomic mass is 10.2. The molecule has 3 heterocycles. The summed E-state index contributed by atoms with van der Waals surface area (Å²) in [5.41, 5.74) is 0.947. The molecule has 0 atom stereocenters. The van der Waals surface area contributed by atoms with Gasteiger partial charge in [-0.25, -0.2) is 9.37 Å². The van der Waals surface area contributed by atoms with E-state index in [1.54, 1.807) is 34.1 Å². The molecule has 32 heavy (non-hydrogen) atoms. The molecule has 6 nitrogen and oxygen atoms in total. The number of furan rings is 1. The highest BCUT2D eigenvalue weighted by Gasteiger charge is 2.26. The van der Waals surface area contributed by atoms with Gasteiger partial charge in [0.1, 0.15) is 5.82 Å². The van der Waals surface area contributed by atoms with Crippen molar-refractivity contribution in [2.45, 2.75) is 6.42 Å². The molecule has 2 amide bonds. The fourth-order valence-corrected chi connectivity index (χ4v) is 4.76. The number of rotatable bonds is 3. The lowest BCUT2D eigenvalue weighted by Crippen LogP contribution is -2.37. The second-order valence-electron chi connectivity index (χ2n) is 7.57. The van der Waals surface area contributed by atoms with E-state index in [1.165, 1.54) is 23.5 Å². The average molecular weight is 450 g/mol. The third-order valence-corrected chi connectivity index (χ3v) is 6.55. The fraction of sp³-hybridized carbons (Fsp3) is 0.208. The smallest absolute Gasteiger partial charge is 0.289 e. The molecule has 5 rings (SSSR count). The van der Waals surface area contributed by atoms with Gasteiger partial charge in [0.25, 0.3) is 11.8 Å². The monoisotopic (exact) mass is 449 g/mol. The Labute approximate surface area is 187 Å². The van der Waals surface area contributed by atoms with Crippen LogP contribution in [0, 0.1) is 5.82 Å². The summed E-state index contributed by atoms with van der Waals surface area (Å²) in [5, 5.41) is 0.725. The van der Waals surface area contributed by atoms with Crippen molar-refractivity contribution < 1.29 is 18.4 Å². The third kappa shape index (κ3) is 3.89. The number of aromatic nitrogens is 1. The predicted octanol–water partition coefficient (Wildman–Crippen LogP) is 4.68. The molecule has 1 fully saturated rings. The largest absolute Gasteiger partial charge is 0.448 e. The van der Waals surface area contributed by atoms with E-state index in [0.717, 1.165) is 15.2 Å². The van der Waals surface area contributed by atoms with Crippen LogP contribution < -0.4 is 0 Å². The highest BCUT2D eigenvalue weighted by atomic mass is 32.1. The standard InChI is InChI=1S/C24H20FN3O3S/c25-17-7-2-1-6-16(17)23(29)27-12-5-13-28(15-14-27)24(30)20-11-10-19(31-20)22-26-18-8-3-4-9-21(18)32-22/h1-4,6-11H,5,12-15H2. The van der Waals surface area contributed by atoms with Crippen molar-refractivity contribution in [1.82, 2.24) is 14.8 Å². The lowest BCUT2D eigenvalue weighted by Gasteiger charge is -2.22. The van der Waals surface area contributed by atoms with Gasteiger partial charge in [0.2, 0.25) is 0 Å². The molecule has 0 bridgehead atoms. The molecule has 1 saturated heterocycles. The molecule has 1 aliphatic heterocycles. The molecule has 0 aliphatic carbocycles. The van der Waals surface area contributed by atoms with Crippen molar-refractivity contribution in [3.63, 3.8) is 0 Å². The number of para-hydroxylation sites is 1. The van der Waals surface area contributed by atoms with Gasteiger partial charge >= 0.3 is 0 Å². The molecule has 0 unspecified atom stereocenters. The van der Waals surface area contributed by atoms with Crippen LogP contribution in [0.1, 0.15) is 27.3 Å². The van der Waals surface area contributed by atoms with E-state index in [1.807, 2.05) is 24.3 Å². The number of halogens is 1. The van der Waals surface area contributed by atoms with E-state index in [-0.39, 0.29) is 23.1 Å². The summed E-state index contributed by atoms with van der Waals surface area (Å²) in [5.74, 6) is -0.312. The van der Waals surface area contributed by atoms with Gasteiger partial charge in [-0.15, -0.1) is 11.3 Å². The third-order valence-electron chi connectivity index (χ3n) is 5.50. The van der Waals surface area contributed by atoms with Crippen LogP contribution in [0.2, 0.25) is 0 Å². The molecule has 8 heteroatoms. The summed E-state index contributed by atoms with van der Waals surface area (Å²) < 4.78 is 20.9. The maximum absolute atomic E-state index is 14.0. The maximum Gasteiger partial charge on any atom is 0.289 e. The van der Waals surface area contributed by atoms with E-state index < -0.39 is 5.82 Å². The minimum atomic E-state index is -0.535. The number of thiazole rings is 1. The first-order valence-corrected chi connectivity index (χ1v) is 11.2. The zero-order valence-corrected chi connectivity index (χ0v) is 18.0. The van der Waals surface area contributed by atoms with Crippen LogP contribution in [0.15, 0.2) is 65.1 Å². The zero-order chi connectivity index (χ0) is 22.1. The normalized spacial score (nSPS) is 14.5. The number of nitrogens with zero attached hydrogens (tertiary/aromatic N) is 3. The van der Waals surface area contributed by atoms with E-state index in [0.29, 0.717) is 38.4 Å². The van der Waals surface area contributed by atoms with Crippen LogP contribution >= 0.6 is 11.3 Å². The van der Waals surface area contributed by atoms with Crippen LogP contribution in [-0.2, 0) is 0 Å². The van der Waals surface area contributed by atoms with E-state index in [2.05, 4.69) is 4.98 Å². The summed E-state index contributed by atoms with van der Waals surface area (Å²) >= 11 is 1.51. The van der Waals surface area contributed by atoms with Gasteiger partial charge in [0.05, 0.1) is 15.8 Å². The fourth-order valence-electron chi connectivity index (χ4n) is 3.83. The molecule has 0 saturated carbocycles. The minimum Gasteiger partial charge on any atom is -0.448 e. The molecular formula is C24H20FN3O3S. The average Bonchev–Trinajstić information content (AvgIpc) is 3.39. The first-order valence-electron chi connectivity index (χ1n) is 10.4.